The number of nitrogens with zero attached hydrogens (tertiary/aromatic N) is 3. The molecule has 5 N–H and O–H groups in total. The molecule has 3 rings (SSSR count). The van der Waals surface area contributed by atoms with Crippen molar-refractivity contribution in [2.24, 2.45) is 16.5 Å². The minimum absolute atomic E-state index is 0.0445. The minimum atomic E-state index is -0.853. The minimum Gasteiger partial charge on any atom is -0.497 e. The fourth-order valence-electron chi connectivity index (χ4n) is 4.64. The number of rotatable bonds is 15. The van der Waals surface area contributed by atoms with Gasteiger partial charge >= 0.3 is 0 Å². The molecule has 1 aliphatic rings. The van der Waals surface area contributed by atoms with Gasteiger partial charge in [-0.05, 0) is 48.9 Å². The van der Waals surface area contributed by atoms with Crippen molar-refractivity contribution in [1.29, 1.82) is 0 Å². The summed E-state index contributed by atoms with van der Waals surface area (Å²) in [6, 6.07) is 15.6. The van der Waals surface area contributed by atoms with Crippen molar-refractivity contribution in [2.45, 2.75) is 44.2 Å². The second-order valence-electron chi connectivity index (χ2n) is 9.70. The van der Waals surface area contributed by atoms with E-state index in [0.717, 1.165) is 17.5 Å². The highest BCUT2D eigenvalue weighted by molar-refractivity contribution is 5.97. The Kier molecular flexibility index (Phi) is 11.5. The van der Waals surface area contributed by atoms with E-state index in [1.807, 2.05) is 42.5 Å². The Labute approximate surface area is 234 Å². The second-order valence-corrected chi connectivity index (χ2v) is 9.70. The Morgan fingerprint density at radius 1 is 1.10 bits per heavy atom. The maximum atomic E-state index is 13.6. The first-order valence-corrected chi connectivity index (χ1v) is 13.4. The average Bonchev–Trinajstić information content (AvgIpc) is 2.95. The molecule has 0 spiro atoms. The smallest absolute Gasteiger partial charge is 0.246 e. The van der Waals surface area contributed by atoms with Crippen molar-refractivity contribution in [1.82, 2.24) is 15.1 Å². The topological polar surface area (TPSA) is 160 Å². The van der Waals surface area contributed by atoms with Crippen LogP contribution in [0.1, 0.15) is 30.4 Å². The van der Waals surface area contributed by atoms with Gasteiger partial charge in [-0.1, -0.05) is 42.5 Å². The Morgan fingerprint density at radius 3 is 2.48 bits per heavy atom. The molecule has 11 heteroatoms. The van der Waals surface area contributed by atoms with E-state index in [2.05, 4.69) is 10.3 Å². The van der Waals surface area contributed by atoms with Gasteiger partial charge < -0.3 is 36.1 Å². The van der Waals surface area contributed by atoms with Crippen LogP contribution in [-0.4, -0.2) is 85.1 Å². The Balaban J connectivity index is 1.68. The van der Waals surface area contributed by atoms with Gasteiger partial charge in [0.2, 0.25) is 17.7 Å². The summed E-state index contributed by atoms with van der Waals surface area (Å²) >= 11 is 0. The van der Waals surface area contributed by atoms with Crippen LogP contribution in [0.25, 0.3) is 0 Å². The van der Waals surface area contributed by atoms with Crippen LogP contribution in [0.15, 0.2) is 59.6 Å². The molecule has 3 amide bonds. The summed E-state index contributed by atoms with van der Waals surface area (Å²) in [5.74, 6) is -0.411. The van der Waals surface area contributed by atoms with Crippen molar-refractivity contribution in [3.8, 4) is 5.75 Å². The van der Waals surface area contributed by atoms with Gasteiger partial charge in [0.25, 0.3) is 0 Å². The van der Waals surface area contributed by atoms with Crippen molar-refractivity contribution in [3.63, 3.8) is 0 Å². The van der Waals surface area contributed by atoms with Crippen LogP contribution in [0.5, 0.6) is 5.75 Å². The number of carbonyl (C=O) groups is 4. The third-order valence-corrected chi connectivity index (χ3v) is 6.74. The fourth-order valence-corrected chi connectivity index (χ4v) is 4.64. The molecule has 1 heterocycles. The van der Waals surface area contributed by atoms with E-state index < -0.39 is 18.0 Å². The molecule has 1 saturated heterocycles. The van der Waals surface area contributed by atoms with Gasteiger partial charge in [-0.25, -0.2) is 0 Å². The molecule has 0 saturated carbocycles. The molecule has 1 aliphatic heterocycles. The summed E-state index contributed by atoms with van der Waals surface area (Å²) in [6.45, 7) is 0.324. The van der Waals surface area contributed by atoms with Gasteiger partial charge in [0.1, 0.15) is 24.6 Å². The maximum absolute atomic E-state index is 13.6. The van der Waals surface area contributed by atoms with Crippen LogP contribution in [-0.2, 0) is 32.0 Å². The number of hydrogen-bond acceptors (Lipinski definition) is 6. The molecule has 0 radical (unpaired) electrons. The molecule has 40 heavy (non-hydrogen) atoms. The van der Waals surface area contributed by atoms with Crippen molar-refractivity contribution < 1.29 is 23.9 Å². The van der Waals surface area contributed by atoms with Crippen LogP contribution in [0.4, 0.5) is 0 Å². The van der Waals surface area contributed by atoms with Crippen LogP contribution in [0.2, 0.25) is 0 Å². The lowest BCUT2D eigenvalue weighted by molar-refractivity contribution is -0.157. The number of aryl methyl sites for hydroxylation is 1. The molecular weight excluding hydrogens is 512 g/mol. The number of methoxy groups -OCH3 is 1. The number of benzene rings is 2. The van der Waals surface area contributed by atoms with E-state index in [-0.39, 0.29) is 37.3 Å². The normalized spacial score (nSPS) is 15.9. The van der Waals surface area contributed by atoms with Crippen LogP contribution >= 0.6 is 0 Å². The van der Waals surface area contributed by atoms with Gasteiger partial charge in [-0.2, -0.15) is 0 Å². The lowest BCUT2D eigenvalue weighted by atomic mass is 10.00. The van der Waals surface area contributed by atoms with Gasteiger partial charge in [-0.15, -0.1) is 0 Å². The number of aldehydes is 1. The van der Waals surface area contributed by atoms with Crippen LogP contribution in [0.3, 0.4) is 0 Å². The third-order valence-electron chi connectivity index (χ3n) is 6.74. The van der Waals surface area contributed by atoms with Crippen molar-refractivity contribution in [2.75, 3.05) is 33.3 Å². The number of hydrogen-bond donors (Lipinski definition) is 3. The highest BCUT2D eigenvalue weighted by Gasteiger charge is 2.40. The molecule has 0 bridgehead atoms. The number of piperazine rings is 1. The Morgan fingerprint density at radius 2 is 1.82 bits per heavy atom. The van der Waals surface area contributed by atoms with E-state index in [1.54, 1.807) is 24.1 Å². The molecule has 0 aliphatic carbocycles. The number of ether oxygens (including phenoxy) is 1. The molecule has 2 atom stereocenters. The van der Waals surface area contributed by atoms with Crippen molar-refractivity contribution >= 4 is 30.0 Å². The van der Waals surface area contributed by atoms with Gasteiger partial charge in [0.15, 0.2) is 5.96 Å². The average molecular weight is 551 g/mol. The van der Waals surface area contributed by atoms with E-state index in [1.165, 1.54) is 4.90 Å². The highest BCUT2D eigenvalue weighted by Crippen LogP contribution is 2.20. The van der Waals surface area contributed by atoms with Crippen molar-refractivity contribution in [3.05, 3.63) is 65.7 Å². The molecule has 11 nitrogen and oxygen atoms in total. The zero-order valence-electron chi connectivity index (χ0n) is 22.8. The highest BCUT2D eigenvalue weighted by atomic mass is 16.5. The predicted molar refractivity (Wildman–Crippen MR) is 151 cm³/mol. The number of nitrogens with one attached hydrogen (secondary N) is 1. The first-order valence-electron chi connectivity index (χ1n) is 13.4. The number of amides is 3. The summed E-state index contributed by atoms with van der Waals surface area (Å²) in [5.41, 5.74) is 12.6. The lowest BCUT2D eigenvalue weighted by Crippen LogP contribution is -2.62. The van der Waals surface area contributed by atoms with Crippen LogP contribution < -0.4 is 21.5 Å². The largest absolute Gasteiger partial charge is 0.497 e. The number of carbonyl (C=O) groups excluding carboxylic acids is 4. The second kappa shape index (κ2) is 15.2. The predicted octanol–water partition coefficient (Wildman–Crippen LogP) is 0.647. The first kappa shape index (κ1) is 30.1. The summed E-state index contributed by atoms with van der Waals surface area (Å²) < 4.78 is 5.22. The molecule has 0 aromatic heterocycles. The molecule has 214 valence electrons. The number of guanidine groups is 1. The summed E-state index contributed by atoms with van der Waals surface area (Å²) in [4.78, 5) is 58.1. The van der Waals surface area contributed by atoms with Crippen LogP contribution in [0, 0.1) is 0 Å². The van der Waals surface area contributed by atoms with Gasteiger partial charge in [0, 0.05) is 19.5 Å². The molecule has 2 aromatic carbocycles. The maximum Gasteiger partial charge on any atom is 0.246 e. The van der Waals surface area contributed by atoms with Gasteiger partial charge in [-0.3, -0.25) is 19.4 Å². The monoisotopic (exact) mass is 550 g/mol. The molecule has 1 unspecified atom stereocenters. The van der Waals surface area contributed by atoms with E-state index in [9.17, 15) is 19.2 Å². The SMILES string of the molecule is COc1ccc(C[C@H]2C(=O)N(CCCc3ccccc3)CC(=O)N2CC(=O)NC(C=O)CCCN=C(N)N)cc1. The lowest BCUT2D eigenvalue weighted by Gasteiger charge is -2.40. The standard InChI is InChI=1S/C29H38N6O5/c1-40-24-13-11-22(12-14-24)17-25-28(39)34(16-6-9-21-7-3-2-4-8-21)19-27(38)35(25)18-26(37)33-23(20-36)10-5-15-32-29(30)31/h2-4,7-8,11-14,20,23,25H,5-6,9-10,15-19H2,1H3,(H,33,37)(H4,30,31,32)/t23?,25-/m0/s1. The van der Waals surface area contributed by atoms with E-state index >= 15 is 0 Å². The third kappa shape index (κ3) is 9.11. The Hall–Kier alpha value is -4.41. The molecule has 1 fully saturated rings. The Bertz CT molecular complexity index is 1170. The molecular formula is C29H38N6O5. The zero-order valence-corrected chi connectivity index (χ0v) is 22.8. The summed E-state index contributed by atoms with van der Waals surface area (Å²) in [6.07, 6.45) is 3.20. The first-order chi connectivity index (χ1) is 19.3. The summed E-state index contributed by atoms with van der Waals surface area (Å²) in [5, 5.41) is 2.65. The molecule has 2 aromatic rings. The number of aliphatic imine (C=N–C) groups is 1. The number of nitrogens with two attached hydrogens (primary N) is 2. The van der Waals surface area contributed by atoms with E-state index in [0.29, 0.717) is 44.4 Å². The summed E-state index contributed by atoms with van der Waals surface area (Å²) in [7, 11) is 1.57. The quantitative estimate of drug-likeness (QED) is 0.127. The van der Waals surface area contributed by atoms with E-state index in [4.69, 9.17) is 16.2 Å². The van der Waals surface area contributed by atoms with Gasteiger partial charge in [0.05, 0.1) is 19.7 Å². The zero-order chi connectivity index (χ0) is 28.9. The fraction of sp³-hybridized carbons (Fsp3) is 0.414.